The van der Waals surface area contributed by atoms with Crippen molar-refractivity contribution in [3.8, 4) is 0 Å². The molecule has 0 radical (unpaired) electrons. The summed E-state index contributed by atoms with van der Waals surface area (Å²) in [6, 6.07) is 0. The van der Waals surface area contributed by atoms with Crippen LogP contribution in [-0.2, 0) is 4.79 Å². The minimum Gasteiger partial charge on any atom is -0.396 e. The Bertz CT molecular complexity index is 112. The van der Waals surface area contributed by atoms with E-state index in [0.29, 0.717) is 6.54 Å². The Kier molecular flexibility index (Phi) is 5.77. The van der Waals surface area contributed by atoms with E-state index >= 15 is 0 Å². The van der Waals surface area contributed by atoms with Crippen LogP contribution in [0.25, 0.3) is 0 Å². The summed E-state index contributed by atoms with van der Waals surface area (Å²) in [7, 11) is 0. The van der Waals surface area contributed by atoms with Crippen LogP contribution in [0.2, 0.25) is 0 Å². The maximum Gasteiger partial charge on any atom is 0.222 e. The predicted octanol–water partition coefficient (Wildman–Crippen LogP) is 0.0611. The molecule has 0 fully saturated rings. The fourth-order valence-corrected chi connectivity index (χ4v) is 0.504. The Morgan fingerprint density at radius 2 is 2.40 bits per heavy atom. The van der Waals surface area contributed by atoms with Crippen LogP contribution in [0.1, 0.15) is 12.8 Å². The summed E-state index contributed by atoms with van der Waals surface area (Å²) >= 11 is 0. The van der Waals surface area contributed by atoms with Crippen molar-refractivity contribution in [3.05, 3.63) is 12.7 Å². The molecule has 3 nitrogen and oxygen atoms in total. The number of carbonyl (C=O) groups excluding carboxylic acids is 1. The van der Waals surface area contributed by atoms with E-state index in [2.05, 4.69) is 11.9 Å². The molecule has 3 heteroatoms. The number of aliphatic hydroxyl groups excluding tert-OH is 1. The van der Waals surface area contributed by atoms with Gasteiger partial charge in [0.05, 0.1) is 6.61 Å². The van der Waals surface area contributed by atoms with Crippen LogP contribution in [0.5, 0.6) is 0 Å². The lowest BCUT2D eigenvalue weighted by Gasteiger charge is -1.99. The lowest BCUT2D eigenvalue weighted by molar-refractivity contribution is -0.121. The summed E-state index contributed by atoms with van der Waals surface area (Å²) in [5.74, 6) is -0.107. The van der Waals surface area contributed by atoms with Gasteiger partial charge in [-0.2, -0.15) is 0 Å². The molecule has 0 aromatic heterocycles. The Hall–Kier alpha value is -0.830. The summed E-state index contributed by atoms with van der Waals surface area (Å²) in [5.41, 5.74) is 0. The summed E-state index contributed by atoms with van der Waals surface area (Å²) in [6.45, 7) is 4.03. The van der Waals surface area contributed by atoms with E-state index in [0.717, 1.165) is 6.42 Å². The van der Waals surface area contributed by atoms with Gasteiger partial charge in [0.25, 0.3) is 0 Å². The monoisotopic (exact) mass is 143 g/mol. The maximum absolute atomic E-state index is 10.6. The third-order valence-electron chi connectivity index (χ3n) is 1.01. The van der Waals surface area contributed by atoms with Crippen LogP contribution in [0, 0.1) is 0 Å². The molecular weight excluding hydrogens is 130 g/mol. The Balaban J connectivity index is 3.13. The molecule has 0 saturated carbocycles. The van der Waals surface area contributed by atoms with Gasteiger partial charge in [0.15, 0.2) is 0 Å². The lowest BCUT2D eigenvalue weighted by Crippen LogP contribution is -2.24. The molecule has 0 bridgehead atoms. The number of hydrogen-bond donors (Lipinski definition) is 2. The van der Waals surface area contributed by atoms with Crippen molar-refractivity contribution in [1.29, 1.82) is 0 Å². The molecule has 0 aliphatic heterocycles. The van der Waals surface area contributed by atoms with Crippen LogP contribution in [0.15, 0.2) is 12.7 Å². The largest absolute Gasteiger partial charge is 0.396 e. The van der Waals surface area contributed by atoms with Gasteiger partial charge in [-0.3, -0.25) is 4.79 Å². The molecule has 0 aliphatic rings. The third kappa shape index (κ3) is 5.31. The first kappa shape index (κ1) is 9.17. The first-order chi connectivity index (χ1) is 4.81. The van der Waals surface area contributed by atoms with Crippen molar-refractivity contribution in [3.63, 3.8) is 0 Å². The Labute approximate surface area is 60.7 Å². The topological polar surface area (TPSA) is 49.3 Å². The van der Waals surface area contributed by atoms with Crippen molar-refractivity contribution in [1.82, 2.24) is 5.32 Å². The van der Waals surface area contributed by atoms with E-state index in [9.17, 15) is 4.79 Å². The van der Waals surface area contributed by atoms with Crippen molar-refractivity contribution < 1.29 is 9.90 Å². The SMILES string of the molecule is C=CCCNC(=O)CCO. The Morgan fingerprint density at radius 1 is 1.70 bits per heavy atom. The molecule has 1 amide bonds. The first-order valence-corrected chi connectivity index (χ1v) is 3.29. The molecule has 0 rings (SSSR count). The van der Waals surface area contributed by atoms with E-state index in [1.54, 1.807) is 6.08 Å². The zero-order chi connectivity index (χ0) is 7.82. The summed E-state index contributed by atoms with van der Waals surface area (Å²) in [5, 5.41) is 10.9. The molecule has 58 valence electrons. The van der Waals surface area contributed by atoms with E-state index in [-0.39, 0.29) is 18.9 Å². The molecule has 0 heterocycles. The van der Waals surface area contributed by atoms with Gasteiger partial charge in [0.2, 0.25) is 5.91 Å². The zero-order valence-electron chi connectivity index (χ0n) is 5.97. The number of hydrogen-bond acceptors (Lipinski definition) is 2. The van der Waals surface area contributed by atoms with Gasteiger partial charge in [0.1, 0.15) is 0 Å². The van der Waals surface area contributed by atoms with Crippen molar-refractivity contribution in [2.75, 3.05) is 13.2 Å². The zero-order valence-corrected chi connectivity index (χ0v) is 5.97. The van der Waals surface area contributed by atoms with Crippen molar-refractivity contribution >= 4 is 5.91 Å². The van der Waals surface area contributed by atoms with Crippen LogP contribution in [0.4, 0.5) is 0 Å². The predicted molar refractivity (Wildman–Crippen MR) is 39.5 cm³/mol. The second-order valence-corrected chi connectivity index (χ2v) is 1.90. The average Bonchev–Trinajstić information content (AvgIpc) is 1.89. The molecule has 0 aromatic carbocycles. The van der Waals surface area contributed by atoms with Gasteiger partial charge < -0.3 is 10.4 Å². The lowest BCUT2D eigenvalue weighted by atomic mass is 10.4. The van der Waals surface area contributed by atoms with E-state index in [1.165, 1.54) is 0 Å². The smallest absolute Gasteiger partial charge is 0.222 e. The number of carbonyl (C=O) groups is 1. The highest BCUT2D eigenvalue weighted by Crippen LogP contribution is 1.79. The van der Waals surface area contributed by atoms with Gasteiger partial charge in [-0.25, -0.2) is 0 Å². The van der Waals surface area contributed by atoms with Crippen LogP contribution >= 0.6 is 0 Å². The van der Waals surface area contributed by atoms with E-state index in [4.69, 9.17) is 5.11 Å². The standard InChI is InChI=1S/C7H13NO2/c1-2-3-5-8-7(10)4-6-9/h2,9H,1,3-6H2,(H,8,10). The number of amides is 1. The number of nitrogens with one attached hydrogen (secondary N) is 1. The molecule has 0 saturated heterocycles. The molecule has 0 unspecified atom stereocenters. The van der Waals surface area contributed by atoms with E-state index < -0.39 is 0 Å². The van der Waals surface area contributed by atoms with Gasteiger partial charge >= 0.3 is 0 Å². The normalized spacial score (nSPS) is 8.90. The molecule has 2 N–H and O–H groups in total. The Morgan fingerprint density at radius 3 is 2.90 bits per heavy atom. The van der Waals surface area contributed by atoms with Crippen LogP contribution in [-0.4, -0.2) is 24.2 Å². The highest BCUT2D eigenvalue weighted by Gasteiger charge is 1.95. The van der Waals surface area contributed by atoms with Crippen LogP contribution < -0.4 is 5.32 Å². The molecule has 0 aliphatic carbocycles. The van der Waals surface area contributed by atoms with E-state index in [1.807, 2.05) is 0 Å². The minimum absolute atomic E-state index is 0.0834. The van der Waals surface area contributed by atoms with Crippen molar-refractivity contribution in [2.45, 2.75) is 12.8 Å². The molecule has 0 aromatic rings. The average molecular weight is 143 g/mol. The second-order valence-electron chi connectivity index (χ2n) is 1.90. The van der Waals surface area contributed by atoms with Gasteiger partial charge in [-0.05, 0) is 6.42 Å². The first-order valence-electron chi connectivity index (χ1n) is 3.29. The summed E-state index contributed by atoms with van der Waals surface area (Å²) in [6.07, 6.45) is 2.70. The highest BCUT2D eigenvalue weighted by molar-refractivity contribution is 5.75. The van der Waals surface area contributed by atoms with Crippen LogP contribution in [0.3, 0.4) is 0 Å². The fourth-order valence-electron chi connectivity index (χ4n) is 0.504. The number of rotatable bonds is 5. The molecular formula is C7H13NO2. The molecule has 0 spiro atoms. The van der Waals surface area contributed by atoms with Gasteiger partial charge in [-0.1, -0.05) is 6.08 Å². The minimum atomic E-state index is -0.107. The summed E-state index contributed by atoms with van der Waals surface area (Å²) in [4.78, 5) is 10.6. The molecule has 10 heavy (non-hydrogen) atoms. The maximum atomic E-state index is 10.6. The third-order valence-corrected chi connectivity index (χ3v) is 1.01. The molecule has 0 atom stereocenters. The summed E-state index contributed by atoms with van der Waals surface area (Å²) < 4.78 is 0. The van der Waals surface area contributed by atoms with Gasteiger partial charge in [-0.15, -0.1) is 6.58 Å². The van der Waals surface area contributed by atoms with Crippen molar-refractivity contribution in [2.24, 2.45) is 0 Å². The number of aliphatic hydroxyl groups is 1. The highest BCUT2D eigenvalue weighted by atomic mass is 16.3. The second kappa shape index (κ2) is 6.29. The fraction of sp³-hybridized carbons (Fsp3) is 0.571. The van der Waals surface area contributed by atoms with Gasteiger partial charge in [0, 0.05) is 13.0 Å². The quantitative estimate of drug-likeness (QED) is 0.422.